The van der Waals surface area contributed by atoms with Gasteiger partial charge in [0.25, 0.3) is 5.91 Å². The molecule has 5 nitrogen and oxygen atoms in total. The van der Waals surface area contributed by atoms with Crippen molar-refractivity contribution in [3.63, 3.8) is 0 Å². The van der Waals surface area contributed by atoms with Crippen molar-refractivity contribution in [3.05, 3.63) is 65.5 Å². The van der Waals surface area contributed by atoms with E-state index in [1.807, 2.05) is 0 Å². The Hall–Kier alpha value is -2.80. The number of benzene rings is 2. The van der Waals surface area contributed by atoms with Gasteiger partial charge in [0, 0.05) is 11.3 Å². The Morgan fingerprint density at radius 1 is 1.00 bits per heavy atom. The Morgan fingerprint density at radius 2 is 1.71 bits per heavy atom. The fraction of sp³-hybridized carbons (Fsp3) is 0.286. The van der Waals surface area contributed by atoms with Gasteiger partial charge in [0.15, 0.2) is 5.11 Å². The molecule has 0 heterocycles. The van der Waals surface area contributed by atoms with Gasteiger partial charge in [-0.25, -0.2) is 9.18 Å². The maximum Gasteiger partial charge on any atom is 0.338 e. The monoisotopic (exact) mass is 400 g/mol. The molecule has 0 spiro atoms. The van der Waals surface area contributed by atoms with Crippen molar-refractivity contribution in [2.24, 2.45) is 0 Å². The quantitative estimate of drug-likeness (QED) is 0.587. The topological polar surface area (TPSA) is 67.4 Å². The fourth-order valence-corrected chi connectivity index (χ4v) is 3.27. The Balaban J connectivity index is 1.52. The van der Waals surface area contributed by atoms with Crippen LogP contribution in [0.15, 0.2) is 48.5 Å². The molecule has 146 valence electrons. The Morgan fingerprint density at radius 3 is 2.39 bits per heavy atom. The molecule has 28 heavy (non-hydrogen) atoms. The fourth-order valence-electron chi connectivity index (χ4n) is 3.06. The van der Waals surface area contributed by atoms with Crippen molar-refractivity contribution in [1.82, 2.24) is 5.32 Å². The molecule has 0 saturated heterocycles. The van der Waals surface area contributed by atoms with Crippen molar-refractivity contribution in [2.75, 3.05) is 5.32 Å². The number of anilines is 1. The van der Waals surface area contributed by atoms with Crippen molar-refractivity contribution >= 4 is 34.9 Å². The van der Waals surface area contributed by atoms with E-state index in [2.05, 4.69) is 10.6 Å². The molecule has 1 aliphatic carbocycles. The maximum absolute atomic E-state index is 13.2. The zero-order valence-corrected chi connectivity index (χ0v) is 16.1. The summed E-state index contributed by atoms with van der Waals surface area (Å²) >= 11 is 5.11. The summed E-state index contributed by atoms with van der Waals surface area (Å²) in [6.07, 6.45) is 5.24. The van der Waals surface area contributed by atoms with Gasteiger partial charge in [-0.2, -0.15) is 0 Å². The van der Waals surface area contributed by atoms with E-state index in [9.17, 15) is 14.0 Å². The number of nitrogens with one attached hydrogen (secondary N) is 2. The predicted octanol–water partition coefficient (Wildman–Crippen LogP) is 4.44. The van der Waals surface area contributed by atoms with Crippen molar-refractivity contribution in [1.29, 1.82) is 0 Å². The average Bonchev–Trinajstić information content (AvgIpc) is 2.69. The highest BCUT2D eigenvalue weighted by atomic mass is 32.1. The molecule has 0 aromatic heterocycles. The lowest BCUT2D eigenvalue weighted by molar-refractivity contribution is 0.0211. The second-order valence-corrected chi connectivity index (χ2v) is 7.07. The normalized spacial score (nSPS) is 14.2. The first kappa shape index (κ1) is 19.9. The zero-order chi connectivity index (χ0) is 19.9. The number of hydrogen-bond donors (Lipinski definition) is 2. The SMILES string of the molecule is O=C(NC(=S)Nc1ccc(C(=O)OC2CCCCC2)cc1)c1cccc(F)c1. The summed E-state index contributed by atoms with van der Waals surface area (Å²) in [5.41, 5.74) is 1.24. The van der Waals surface area contributed by atoms with Crippen LogP contribution in [-0.4, -0.2) is 23.1 Å². The van der Waals surface area contributed by atoms with Crippen LogP contribution in [0.4, 0.5) is 10.1 Å². The van der Waals surface area contributed by atoms with E-state index >= 15 is 0 Å². The smallest absolute Gasteiger partial charge is 0.338 e. The standard InChI is InChI=1S/C21H21FN2O3S/c22-16-6-4-5-15(13-16)19(25)24-21(28)23-17-11-9-14(10-12-17)20(26)27-18-7-2-1-3-8-18/h4-6,9-13,18H,1-3,7-8H2,(H2,23,24,25,28). The molecule has 3 rings (SSSR count). The molecular formula is C21H21FN2O3S. The number of halogens is 1. The Bertz CT molecular complexity index is 864. The van der Waals surface area contributed by atoms with E-state index in [1.54, 1.807) is 24.3 Å². The van der Waals surface area contributed by atoms with Gasteiger partial charge in [0.1, 0.15) is 11.9 Å². The van der Waals surface area contributed by atoms with Crippen LogP contribution in [0, 0.1) is 5.82 Å². The summed E-state index contributed by atoms with van der Waals surface area (Å²) in [5, 5.41) is 5.42. The highest BCUT2D eigenvalue weighted by Crippen LogP contribution is 2.21. The number of carbonyl (C=O) groups excluding carboxylic acids is 2. The first-order valence-electron chi connectivity index (χ1n) is 9.20. The van der Waals surface area contributed by atoms with Crippen LogP contribution in [0.2, 0.25) is 0 Å². The molecule has 2 aromatic carbocycles. The van der Waals surface area contributed by atoms with Crippen LogP contribution in [0.5, 0.6) is 0 Å². The van der Waals surface area contributed by atoms with E-state index in [1.165, 1.54) is 24.6 Å². The van der Waals surface area contributed by atoms with Gasteiger partial charge in [0.05, 0.1) is 5.56 Å². The number of hydrogen-bond acceptors (Lipinski definition) is 4. The van der Waals surface area contributed by atoms with E-state index in [4.69, 9.17) is 17.0 Å². The van der Waals surface area contributed by atoms with Gasteiger partial charge in [-0.05, 0) is 80.4 Å². The summed E-state index contributed by atoms with van der Waals surface area (Å²) in [7, 11) is 0. The van der Waals surface area contributed by atoms with E-state index in [0.717, 1.165) is 31.7 Å². The van der Waals surface area contributed by atoms with Gasteiger partial charge < -0.3 is 10.1 Å². The van der Waals surface area contributed by atoms with Crippen LogP contribution >= 0.6 is 12.2 Å². The molecule has 1 aliphatic rings. The molecule has 2 aromatic rings. The lowest BCUT2D eigenvalue weighted by Gasteiger charge is -2.21. The summed E-state index contributed by atoms with van der Waals surface area (Å²) in [5.74, 6) is -1.34. The molecule has 0 radical (unpaired) electrons. The minimum atomic E-state index is -0.510. The van der Waals surface area contributed by atoms with E-state index in [0.29, 0.717) is 11.3 Å². The third-order valence-corrected chi connectivity index (χ3v) is 4.72. The van der Waals surface area contributed by atoms with Crippen LogP contribution < -0.4 is 10.6 Å². The Kier molecular flexibility index (Phi) is 6.71. The first-order chi connectivity index (χ1) is 13.5. The Labute approximate surface area is 168 Å². The average molecular weight is 400 g/mol. The number of amides is 1. The maximum atomic E-state index is 13.2. The van der Waals surface area contributed by atoms with Crippen LogP contribution in [0.1, 0.15) is 52.8 Å². The van der Waals surface area contributed by atoms with Crippen LogP contribution in [0.3, 0.4) is 0 Å². The molecule has 0 atom stereocenters. The third kappa shape index (κ3) is 5.60. The molecule has 7 heteroatoms. The highest BCUT2D eigenvalue weighted by molar-refractivity contribution is 7.80. The summed E-state index contributed by atoms with van der Waals surface area (Å²) in [4.78, 5) is 24.3. The van der Waals surface area contributed by atoms with Crippen LogP contribution in [-0.2, 0) is 4.74 Å². The number of thiocarbonyl (C=S) groups is 1. The van der Waals surface area contributed by atoms with Crippen molar-refractivity contribution in [3.8, 4) is 0 Å². The summed E-state index contributed by atoms with van der Waals surface area (Å²) in [6.45, 7) is 0. The minimum absolute atomic E-state index is 0.00432. The lowest BCUT2D eigenvalue weighted by Crippen LogP contribution is -2.34. The number of ether oxygens (including phenoxy) is 1. The number of carbonyl (C=O) groups is 2. The third-order valence-electron chi connectivity index (χ3n) is 4.52. The van der Waals surface area contributed by atoms with Gasteiger partial charge >= 0.3 is 5.97 Å². The highest BCUT2D eigenvalue weighted by Gasteiger charge is 2.18. The molecular weight excluding hydrogens is 379 g/mol. The van der Waals surface area contributed by atoms with Gasteiger partial charge in [0.2, 0.25) is 0 Å². The number of rotatable bonds is 4. The van der Waals surface area contributed by atoms with E-state index in [-0.39, 0.29) is 22.7 Å². The second-order valence-electron chi connectivity index (χ2n) is 6.66. The van der Waals surface area contributed by atoms with Crippen LogP contribution in [0.25, 0.3) is 0 Å². The van der Waals surface area contributed by atoms with E-state index < -0.39 is 11.7 Å². The predicted molar refractivity (Wildman–Crippen MR) is 109 cm³/mol. The molecule has 1 amide bonds. The minimum Gasteiger partial charge on any atom is -0.459 e. The lowest BCUT2D eigenvalue weighted by atomic mass is 9.98. The van der Waals surface area contributed by atoms with Gasteiger partial charge in [-0.3, -0.25) is 10.1 Å². The van der Waals surface area contributed by atoms with Gasteiger partial charge in [-0.1, -0.05) is 12.5 Å². The molecule has 0 bridgehead atoms. The molecule has 0 unspecified atom stereocenters. The molecule has 1 fully saturated rings. The molecule has 1 saturated carbocycles. The second kappa shape index (κ2) is 9.41. The van der Waals surface area contributed by atoms with Crippen molar-refractivity contribution in [2.45, 2.75) is 38.2 Å². The van der Waals surface area contributed by atoms with Gasteiger partial charge in [-0.15, -0.1) is 0 Å². The largest absolute Gasteiger partial charge is 0.459 e. The molecule has 2 N–H and O–H groups in total. The summed E-state index contributed by atoms with van der Waals surface area (Å²) < 4.78 is 18.7. The zero-order valence-electron chi connectivity index (χ0n) is 15.2. The number of esters is 1. The summed E-state index contributed by atoms with van der Waals surface area (Å²) in [6, 6.07) is 12.0. The molecule has 0 aliphatic heterocycles. The first-order valence-corrected chi connectivity index (χ1v) is 9.61. The van der Waals surface area contributed by atoms with Crippen molar-refractivity contribution < 1.29 is 18.7 Å².